The van der Waals surface area contributed by atoms with E-state index in [0.29, 0.717) is 23.8 Å². The molecule has 0 amide bonds. The van der Waals surface area contributed by atoms with Crippen LogP contribution in [-0.2, 0) is 4.74 Å². The first-order chi connectivity index (χ1) is 10.3. The molecule has 0 saturated carbocycles. The highest BCUT2D eigenvalue weighted by atomic mass is 16.5. The molecule has 3 heteroatoms. The van der Waals surface area contributed by atoms with Crippen LogP contribution in [0.25, 0.3) is 0 Å². The average Bonchev–Trinajstić information content (AvgIpc) is 2.43. The van der Waals surface area contributed by atoms with E-state index in [4.69, 9.17) is 15.0 Å². The lowest BCUT2D eigenvalue weighted by molar-refractivity contribution is -0.0418. The second-order valence-corrected chi connectivity index (χ2v) is 7.75. The Morgan fingerprint density at radius 2 is 1.50 bits per heavy atom. The molecular weight excluding hydrogens is 272 g/mol. The summed E-state index contributed by atoms with van der Waals surface area (Å²) in [5.74, 6) is 1.82. The fourth-order valence-corrected chi connectivity index (χ4v) is 3.02. The maximum Gasteiger partial charge on any atom is 0.178 e. The van der Waals surface area contributed by atoms with Crippen molar-refractivity contribution in [1.29, 1.82) is 0 Å². The number of rotatable bonds is 12. The lowest BCUT2D eigenvalue weighted by Crippen LogP contribution is -2.32. The molecule has 0 spiro atoms. The summed E-state index contributed by atoms with van der Waals surface area (Å²) in [5.41, 5.74) is -0.441. The van der Waals surface area contributed by atoms with Crippen molar-refractivity contribution in [3.63, 3.8) is 0 Å². The van der Waals surface area contributed by atoms with E-state index in [1.54, 1.807) is 7.11 Å². The van der Waals surface area contributed by atoms with E-state index in [1.807, 2.05) is 0 Å². The van der Waals surface area contributed by atoms with E-state index in [1.165, 1.54) is 6.42 Å². The fraction of sp³-hybridized carbons (Fsp3) is 1.00. The number of ether oxygens (including phenoxy) is 1. The van der Waals surface area contributed by atoms with E-state index in [9.17, 15) is 0 Å². The maximum absolute atomic E-state index is 5.86. The van der Waals surface area contributed by atoms with Crippen LogP contribution in [0.15, 0.2) is 10.2 Å². The van der Waals surface area contributed by atoms with Crippen LogP contribution in [-0.4, -0.2) is 18.9 Å². The van der Waals surface area contributed by atoms with Gasteiger partial charge in [0.2, 0.25) is 0 Å². The molecular formula is C19H40N2O. The molecule has 22 heavy (non-hydrogen) atoms. The first kappa shape index (κ1) is 21.6. The average molecular weight is 313 g/mol. The maximum atomic E-state index is 5.86. The minimum atomic E-state index is -0.441. The zero-order chi connectivity index (χ0) is 17.2. The standard InChI is InChI=1S/C19H40N2O/c1-9-11-18(12-17(7)10-2)20-21-19(22-8,13-15(3)4)14-16(5)6/h15-18H,9-14H2,1-8H3. The van der Waals surface area contributed by atoms with Gasteiger partial charge in [0.1, 0.15) is 0 Å². The molecule has 0 radical (unpaired) electrons. The molecule has 0 aromatic rings. The number of nitrogens with zero attached hydrogens (tertiary/aromatic N) is 2. The monoisotopic (exact) mass is 312 g/mol. The molecule has 0 bridgehead atoms. The minimum absolute atomic E-state index is 0.341. The van der Waals surface area contributed by atoms with E-state index >= 15 is 0 Å². The number of methoxy groups -OCH3 is 1. The molecule has 132 valence electrons. The summed E-state index contributed by atoms with van der Waals surface area (Å²) in [4.78, 5) is 0. The van der Waals surface area contributed by atoms with Crippen LogP contribution < -0.4 is 0 Å². The van der Waals surface area contributed by atoms with Crippen LogP contribution in [0, 0.1) is 17.8 Å². The van der Waals surface area contributed by atoms with Gasteiger partial charge in [-0.2, -0.15) is 10.2 Å². The predicted molar refractivity (Wildman–Crippen MR) is 96.3 cm³/mol. The summed E-state index contributed by atoms with van der Waals surface area (Å²) < 4.78 is 5.86. The first-order valence-corrected chi connectivity index (χ1v) is 9.25. The summed E-state index contributed by atoms with van der Waals surface area (Å²) in [6, 6.07) is 0.341. The van der Waals surface area contributed by atoms with E-state index in [-0.39, 0.29) is 0 Å². The van der Waals surface area contributed by atoms with Gasteiger partial charge in [-0.15, -0.1) is 0 Å². The molecule has 0 aliphatic rings. The Morgan fingerprint density at radius 3 is 1.86 bits per heavy atom. The molecule has 3 nitrogen and oxygen atoms in total. The molecule has 2 unspecified atom stereocenters. The summed E-state index contributed by atoms with van der Waals surface area (Å²) in [6.45, 7) is 15.7. The Hall–Kier alpha value is -0.440. The van der Waals surface area contributed by atoms with Gasteiger partial charge in [-0.05, 0) is 30.6 Å². The molecule has 2 atom stereocenters. The Bertz CT molecular complexity index is 290. The van der Waals surface area contributed by atoms with Crippen LogP contribution in [0.5, 0.6) is 0 Å². The normalized spacial score (nSPS) is 15.9. The molecule has 0 N–H and O–H groups in total. The van der Waals surface area contributed by atoms with Crippen molar-refractivity contribution in [2.75, 3.05) is 7.11 Å². The van der Waals surface area contributed by atoms with E-state index in [2.05, 4.69) is 48.5 Å². The van der Waals surface area contributed by atoms with Crippen LogP contribution in [0.1, 0.15) is 87.0 Å². The Labute approximate surface area is 139 Å². The van der Waals surface area contributed by atoms with Crippen molar-refractivity contribution in [2.45, 2.75) is 98.8 Å². The highest BCUT2D eigenvalue weighted by Crippen LogP contribution is 2.31. The highest BCUT2D eigenvalue weighted by Gasteiger charge is 2.32. The topological polar surface area (TPSA) is 34.0 Å². The smallest absolute Gasteiger partial charge is 0.178 e. The van der Waals surface area contributed by atoms with Gasteiger partial charge in [0.25, 0.3) is 0 Å². The zero-order valence-corrected chi connectivity index (χ0v) is 16.4. The number of azo groups is 1. The molecule has 0 aromatic heterocycles. The van der Waals surface area contributed by atoms with Crippen molar-refractivity contribution < 1.29 is 4.74 Å². The van der Waals surface area contributed by atoms with Crippen LogP contribution >= 0.6 is 0 Å². The van der Waals surface area contributed by atoms with Crippen molar-refractivity contribution in [1.82, 2.24) is 0 Å². The number of hydrogen-bond acceptors (Lipinski definition) is 3. The lowest BCUT2D eigenvalue weighted by Gasteiger charge is -2.31. The predicted octanol–water partition coefficient (Wildman–Crippen LogP) is 6.48. The third-order valence-electron chi connectivity index (χ3n) is 4.23. The Kier molecular flexibility index (Phi) is 10.9. The molecule has 0 fully saturated rings. The van der Waals surface area contributed by atoms with Gasteiger partial charge in [0.15, 0.2) is 5.72 Å². The largest absolute Gasteiger partial charge is 0.355 e. The van der Waals surface area contributed by atoms with E-state index < -0.39 is 5.72 Å². The van der Waals surface area contributed by atoms with Crippen molar-refractivity contribution in [2.24, 2.45) is 28.0 Å². The summed E-state index contributed by atoms with van der Waals surface area (Å²) in [7, 11) is 1.78. The van der Waals surface area contributed by atoms with Crippen molar-refractivity contribution in [3.8, 4) is 0 Å². The fourth-order valence-electron chi connectivity index (χ4n) is 3.02. The second kappa shape index (κ2) is 11.2. The molecule has 0 heterocycles. The highest BCUT2D eigenvalue weighted by molar-refractivity contribution is 4.80. The SMILES string of the molecule is CCCC(CC(C)CC)N=NC(CC(C)C)(CC(C)C)OC. The molecule has 0 aromatic carbocycles. The van der Waals surface area contributed by atoms with Crippen molar-refractivity contribution in [3.05, 3.63) is 0 Å². The molecule has 0 saturated heterocycles. The molecule has 0 rings (SSSR count). The van der Waals surface area contributed by atoms with Gasteiger partial charge in [-0.3, -0.25) is 0 Å². The van der Waals surface area contributed by atoms with E-state index in [0.717, 1.165) is 32.1 Å². The second-order valence-electron chi connectivity index (χ2n) is 7.75. The van der Waals surface area contributed by atoms with Gasteiger partial charge in [-0.1, -0.05) is 61.3 Å². The van der Waals surface area contributed by atoms with Crippen molar-refractivity contribution >= 4 is 0 Å². The minimum Gasteiger partial charge on any atom is -0.355 e. The van der Waals surface area contributed by atoms with Gasteiger partial charge in [0, 0.05) is 20.0 Å². The summed E-state index contributed by atoms with van der Waals surface area (Å²) in [6.07, 6.45) is 6.51. The quantitative estimate of drug-likeness (QED) is 0.380. The van der Waals surface area contributed by atoms with Gasteiger partial charge < -0.3 is 4.74 Å². The van der Waals surface area contributed by atoms with Crippen LogP contribution in [0.2, 0.25) is 0 Å². The van der Waals surface area contributed by atoms with Gasteiger partial charge in [0.05, 0.1) is 6.04 Å². The molecule has 0 aliphatic heterocycles. The summed E-state index contributed by atoms with van der Waals surface area (Å²) >= 11 is 0. The van der Waals surface area contributed by atoms with Crippen LogP contribution in [0.3, 0.4) is 0 Å². The third-order valence-corrected chi connectivity index (χ3v) is 4.23. The first-order valence-electron chi connectivity index (χ1n) is 9.25. The van der Waals surface area contributed by atoms with Gasteiger partial charge >= 0.3 is 0 Å². The lowest BCUT2D eigenvalue weighted by atomic mass is 9.92. The van der Waals surface area contributed by atoms with Gasteiger partial charge in [-0.25, -0.2) is 0 Å². The third kappa shape index (κ3) is 8.87. The molecule has 0 aliphatic carbocycles. The van der Waals surface area contributed by atoms with Crippen LogP contribution in [0.4, 0.5) is 0 Å². The Morgan fingerprint density at radius 1 is 0.955 bits per heavy atom. The zero-order valence-electron chi connectivity index (χ0n) is 16.4. The Balaban J connectivity index is 5.10. The summed E-state index contributed by atoms with van der Waals surface area (Å²) in [5, 5.41) is 9.51. The number of hydrogen-bond donors (Lipinski definition) is 0.